The Balaban J connectivity index is 0.00000392. The zero-order valence-corrected chi connectivity index (χ0v) is 14.6. The third-order valence-electron chi connectivity index (χ3n) is 4.21. The second-order valence-electron chi connectivity index (χ2n) is 6.10. The molecule has 10 atom stereocenters. The standard InChI is InChI=1S/C12H23O14P.2Ca.4H/c13-1-3-5(15)6(16)10(26-27(20,21)22)12(24-3)25-9-4(2-14)23-11(19)8(18)7(9)17;;;;;;/h3-19H,1-2H2,(H2,20,21,22);;;;;;/t3-,4-,5+,6+,7-,8-,9-,10-,11-,12+;;;;;;/m1....../s1. The fourth-order valence-corrected chi connectivity index (χ4v) is 3.37. The van der Waals surface area contributed by atoms with Gasteiger partial charge in [-0.25, -0.2) is 4.57 Å². The Morgan fingerprint density at radius 2 is 1.28 bits per heavy atom. The van der Waals surface area contributed by atoms with E-state index in [4.69, 9.17) is 24.0 Å². The molecule has 14 nitrogen and oxygen atoms in total. The first-order valence-corrected chi connectivity index (χ1v) is 9.35. The van der Waals surface area contributed by atoms with Crippen molar-refractivity contribution < 1.29 is 68.8 Å². The average Bonchev–Trinajstić information content (AvgIpc) is 2.60. The topological polar surface area (TPSA) is 236 Å². The summed E-state index contributed by atoms with van der Waals surface area (Å²) in [5.74, 6) is 0. The van der Waals surface area contributed by atoms with E-state index >= 15 is 0 Å². The fourth-order valence-electron chi connectivity index (χ4n) is 2.83. The maximum atomic E-state index is 11.2. The van der Waals surface area contributed by atoms with Gasteiger partial charge in [0.1, 0.15) is 48.8 Å². The molecule has 0 aromatic carbocycles. The average molecular weight is 506 g/mol. The third kappa shape index (κ3) is 7.90. The van der Waals surface area contributed by atoms with Crippen LogP contribution in [0.25, 0.3) is 0 Å². The molecule has 0 aromatic heterocycles. The summed E-state index contributed by atoms with van der Waals surface area (Å²) in [5, 5.41) is 67.7. The van der Waals surface area contributed by atoms with Crippen LogP contribution in [-0.4, -0.2) is 196 Å². The van der Waals surface area contributed by atoms with E-state index in [2.05, 4.69) is 4.52 Å². The second-order valence-corrected chi connectivity index (χ2v) is 7.29. The van der Waals surface area contributed by atoms with Crippen molar-refractivity contribution >= 4 is 83.3 Å². The van der Waals surface area contributed by atoms with Crippen molar-refractivity contribution in [3.8, 4) is 0 Å². The molecule has 29 heavy (non-hydrogen) atoms. The van der Waals surface area contributed by atoms with E-state index < -0.39 is 82.4 Å². The van der Waals surface area contributed by atoms with E-state index in [9.17, 15) is 40.3 Å². The SMILES string of the molecule is O=P(O)(O)O[C@H]1[C@H](O[C@H]2[C@H](O)[C@@H](O)[C@H](O)O[C@@H]2CO)O[C@H](CO)[C@H](O)[C@@H]1O.[CaH2].[CaH2]. The number of phosphoric acid groups is 1. The molecule has 2 rings (SSSR count). The molecule has 0 aromatic rings. The number of rotatable bonds is 6. The number of hydrogen-bond acceptors (Lipinski definition) is 12. The number of aliphatic hydroxyl groups excluding tert-OH is 7. The molecule has 2 saturated heterocycles. The van der Waals surface area contributed by atoms with Crippen LogP contribution in [0.4, 0.5) is 0 Å². The number of hydrogen-bond donors (Lipinski definition) is 9. The van der Waals surface area contributed by atoms with Crippen LogP contribution in [0.3, 0.4) is 0 Å². The minimum atomic E-state index is -5.20. The van der Waals surface area contributed by atoms with Gasteiger partial charge in [-0.05, 0) is 0 Å². The second kappa shape index (κ2) is 13.2. The Morgan fingerprint density at radius 1 is 0.759 bits per heavy atom. The van der Waals surface area contributed by atoms with E-state index in [0.29, 0.717) is 0 Å². The zero-order chi connectivity index (χ0) is 20.5. The van der Waals surface area contributed by atoms with Crippen molar-refractivity contribution in [1.29, 1.82) is 0 Å². The summed E-state index contributed by atoms with van der Waals surface area (Å²) in [7, 11) is -5.20. The molecular weight excluding hydrogens is 479 g/mol. The van der Waals surface area contributed by atoms with Gasteiger partial charge in [-0.2, -0.15) is 0 Å². The molecule has 0 spiro atoms. The predicted octanol–water partition coefficient (Wildman–Crippen LogP) is -7.11. The molecule has 2 aliphatic heterocycles. The molecule has 2 fully saturated rings. The number of ether oxygens (including phenoxy) is 3. The van der Waals surface area contributed by atoms with Gasteiger partial charge in [0.05, 0.1) is 13.2 Å². The Labute approximate surface area is 224 Å². The first-order valence-electron chi connectivity index (χ1n) is 7.82. The molecular formula is C12H27Ca2O14P. The Kier molecular flexibility index (Phi) is 14.2. The minimum absolute atomic E-state index is 0. The monoisotopic (exact) mass is 506 g/mol. The zero-order valence-electron chi connectivity index (χ0n) is 13.7. The quantitative estimate of drug-likeness (QED) is 0.120. The molecule has 0 aliphatic carbocycles. The van der Waals surface area contributed by atoms with Gasteiger partial charge in [-0.3, -0.25) is 4.52 Å². The summed E-state index contributed by atoms with van der Waals surface area (Å²) in [4.78, 5) is 18.0. The Bertz CT molecular complexity index is 537. The fraction of sp³-hybridized carbons (Fsp3) is 1.00. The third-order valence-corrected chi connectivity index (χ3v) is 4.73. The summed E-state index contributed by atoms with van der Waals surface area (Å²) in [5.41, 5.74) is 0. The molecule has 0 radical (unpaired) electrons. The molecule has 9 N–H and O–H groups in total. The van der Waals surface area contributed by atoms with Crippen LogP contribution in [-0.2, 0) is 23.3 Å². The maximum absolute atomic E-state index is 11.2. The normalized spacial score (nSPS) is 43.2. The van der Waals surface area contributed by atoms with Crippen LogP contribution in [0, 0.1) is 0 Å². The molecule has 0 unspecified atom stereocenters. The van der Waals surface area contributed by atoms with Gasteiger partial charge in [0.2, 0.25) is 0 Å². The summed E-state index contributed by atoms with van der Waals surface area (Å²) in [6.45, 7) is -1.61. The van der Waals surface area contributed by atoms with Crippen molar-refractivity contribution in [2.45, 2.75) is 61.4 Å². The van der Waals surface area contributed by atoms with E-state index in [1.165, 1.54) is 0 Å². The van der Waals surface area contributed by atoms with Crippen LogP contribution in [0.15, 0.2) is 0 Å². The number of phosphoric ester groups is 1. The van der Waals surface area contributed by atoms with Gasteiger partial charge in [-0.15, -0.1) is 0 Å². The van der Waals surface area contributed by atoms with Gasteiger partial charge >= 0.3 is 83.3 Å². The van der Waals surface area contributed by atoms with Crippen molar-refractivity contribution in [2.24, 2.45) is 0 Å². The molecule has 0 bridgehead atoms. The molecule has 168 valence electrons. The van der Waals surface area contributed by atoms with Crippen molar-refractivity contribution in [3.05, 3.63) is 0 Å². The van der Waals surface area contributed by atoms with E-state index in [1.54, 1.807) is 0 Å². The first kappa shape index (κ1) is 31.2. The summed E-state index contributed by atoms with van der Waals surface area (Å²) in [6, 6.07) is 0. The van der Waals surface area contributed by atoms with Crippen LogP contribution in [0.2, 0.25) is 0 Å². The van der Waals surface area contributed by atoms with E-state index in [1.807, 2.05) is 0 Å². The van der Waals surface area contributed by atoms with Gasteiger partial charge in [0.15, 0.2) is 12.6 Å². The van der Waals surface area contributed by atoms with E-state index in [0.717, 1.165) is 0 Å². The molecule has 0 amide bonds. The van der Waals surface area contributed by atoms with Crippen LogP contribution >= 0.6 is 7.82 Å². The predicted molar refractivity (Wildman–Crippen MR) is 96.6 cm³/mol. The van der Waals surface area contributed by atoms with E-state index in [-0.39, 0.29) is 75.5 Å². The molecule has 2 heterocycles. The van der Waals surface area contributed by atoms with Crippen molar-refractivity contribution in [2.75, 3.05) is 13.2 Å². The van der Waals surface area contributed by atoms with Gasteiger partial charge in [0.25, 0.3) is 0 Å². The molecule has 17 heteroatoms. The number of aliphatic hydroxyl groups is 7. The van der Waals surface area contributed by atoms with Gasteiger partial charge < -0.3 is 59.7 Å². The Morgan fingerprint density at radius 3 is 1.76 bits per heavy atom. The van der Waals surface area contributed by atoms with Crippen molar-refractivity contribution in [3.63, 3.8) is 0 Å². The first-order chi connectivity index (χ1) is 12.5. The van der Waals surface area contributed by atoms with Crippen molar-refractivity contribution in [1.82, 2.24) is 0 Å². The van der Waals surface area contributed by atoms with Gasteiger partial charge in [-0.1, -0.05) is 0 Å². The summed E-state index contributed by atoms with van der Waals surface area (Å²) < 4.78 is 30.8. The van der Waals surface area contributed by atoms with Crippen LogP contribution in [0.5, 0.6) is 0 Å². The molecule has 0 saturated carbocycles. The van der Waals surface area contributed by atoms with Crippen LogP contribution in [0.1, 0.15) is 0 Å². The molecule has 2 aliphatic rings. The summed E-state index contributed by atoms with van der Waals surface area (Å²) >= 11 is 0. The van der Waals surface area contributed by atoms with Gasteiger partial charge in [0, 0.05) is 0 Å². The van der Waals surface area contributed by atoms with Crippen LogP contribution < -0.4 is 0 Å². The Hall–Kier alpha value is 2.23. The summed E-state index contributed by atoms with van der Waals surface area (Å²) in [6.07, 6.45) is -17.6.